The Labute approximate surface area is 79.3 Å². The number of aliphatic carboxylic acids is 1. The van der Waals surface area contributed by atoms with E-state index < -0.39 is 5.97 Å². The minimum atomic E-state index is -0.599. The van der Waals surface area contributed by atoms with E-state index in [9.17, 15) is 4.79 Å². The van der Waals surface area contributed by atoms with Crippen LogP contribution in [0.3, 0.4) is 0 Å². The molecule has 0 aromatic heterocycles. The number of rotatable bonds is 2. The van der Waals surface area contributed by atoms with Crippen molar-refractivity contribution in [2.45, 2.75) is 51.4 Å². The Balaban J connectivity index is 2.04. The Morgan fingerprint density at radius 1 is 1.23 bits per heavy atom. The fourth-order valence-electron chi connectivity index (χ4n) is 3.48. The molecule has 0 saturated heterocycles. The van der Waals surface area contributed by atoms with Crippen molar-refractivity contribution in [3.8, 4) is 0 Å². The molecule has 1 unspecified atom stereocenters. The average molecular weight is 182 g/mol. The monoisotopic (exact) mass is 182 g/mol. The number of carboxylic acids is 1. The quantitative estimate of drug-likeness (QED) is 0.713. The van der Waals surface area contributed by atoms with Gasteiger partial charge in [0.05, 0.1) is 0 Å². The van der Waals surface area contributed by atoms with Crippen molar-refractivity contribution >= 4 is 5.97 Å². The minimum absolute atomic E-state index is 0.417. The average Bonchev–Trinajstić information content (AvgIpc) is 2.64. The third kappa shape index (κ3) is 1.59. The molecule has 0 bridgehead atoms. The van der Waals surface area contributed by atoms with E-state index in [0.29, 0.717) is 17.8 Å². The Bertz CT molecular complexity index is 199. The first-order valence-electron chi connectivity index (χ1n) is 5.45. The molecule has 13 heavy (non-hydrogen) atoms. The SMILES string of the molecule is O=C(O)CC1CCCC12CCCC2. The van der Waals surface area contributed by atoms with E-state index in [-0.39, 0.29) is 0 Å². The zero-order valence-electron chi connectivity index (χ0n) is 8.09. The smallest absolute Gasteiger partial charge is 0.303 e. The van der Waals surface area contributed by atoms with Crippen LogP contribution in [-0.4, -0.2) is 11.1 Å². The first kappa shape index (κ1) is 9.04. The molecule has 2 nitrogen and oxygen atoms in total. The Morgan fingerprint density at radius 3 is 2.46 bits per heavy atom. The van der Waals surface area contributed by atoms with Gasteiger partial charge in [-0.2, -0.15) is 0 Å². The molecule has 1 N–H and O–H groups in total. The van der Waals surface area contributed by atoms with E-state index in [4.69, 9.17) is 5.11 Å². The van der Waals surface area contributed by atoms with Gasteiger partial charge in [-0.3, -0.25) is 4.79 Å². The van der Waals surface area contributed by atoms with Crippen molar-refractivity contribution < 1.29 is 9.90 Å². The van der Waals surface area contributed by atoms with Gasteiger partial charge in [0.25, 0.3) is 0 Å². The van der Waals surface area contributed by atoms with E-state index in [1.54, 1.807) is 0 Å². The van der Waals surface area contributed by atoms with Crippen LogP contribution in [0.25, 0.3) is 0 Å². The van der Waals surface area contributed by atoms with E-state index in [2.05, 4.69) is 0 Å². The summed E-state index contributed by atoms with van der Waals surface area (Å²) in [6.07, 6.45) is 9.39. The summed E-state index contributed by atoms with van der Waals surface area (Å²) >= 11 is 0. The van der Waals surface area contributed by atoms with Gasteiger partial charge in [-0.1, -0.05) is 19.3 Å². The first-order valence-corrected chi connectivity index (χ1v) is 5.45. The molecule has 2 saturated carbocycles. The third-order valence-electron chi connectivity index (χ3n) is 4.11. The molecule has 0 amide bonds. The number of carboxylic acid groups (broad SMARTS) is 1. The maximum atomic E-state index is 10.7. The zero-order chi connectivity index (χ0) is 9.31. The van der Waals surface area contributed by atoms with Crippen molar-refractivity contribution in [2.75, 3.05) is 0 Å². The molecular weight excluding hydrogens is 164 g/mol. The van der Waals surface area contributed by atoms with Gasteiger partial charge in [-0.15, -0.1) is 0 Å². The fourth-order valence-corrected chi connectivity index (χ4v) is 3.48. The molecule has 2 aliphatic carbocycles. The standard InChI is InChI=1S/C11H18O2/c12-10(13)8-9-4-3-7-11(9)5-1-2-6-11/h9H,1-8H2,(H,12,13). The molecular formula is C11H18O2. The molecule has 2 fully saturated rings. The Morgan fingerprint density at radius 2 is 1.85 bits per heavy atom. The zero-order valence-corrected chi connectivity index (χ0v) is 8.09. The second-order valence-electron chi connectivity index (χ2n) is 4.76. The second-order valence-corrected chi connectivity index (χ2v) is 4.76. The van der Waals surface area contributed by atoms with Crippen LogP contribution < -0.4 is 0 Å². The van der Waals surface area contributed by atoms with Crippen LogP contribution >= 0.6 is 0 Å². The van der Waals surface area contributed by atoms with E-state index in [1.165, 1.54) is 38.5 Å². The summed E-state index contributed by atoms with van der Waals surface area (Å²) in [7, 11) is 0. The van der Waals surface area contributed by atoms with Crippen molar-refractivity contribution in [1.29, 1.82) is 0 Å². The molecule has 2 rings (SSSR count). The van der Waals surface area contributed by atoms with E-state index in [0.717, 1.165) is 6.42 Å². The summed E-state index contributed by atoms with van der Waals surface area (Å²) in [5, 5.41) is 8.82. The molecule has 1 spiro atoms. The highest BCUT2D eigenvalue weighted by molar-refractivity contribution is 5.67. The van der Waals surface area contributed by atoms with Gasteiger partial charge >= 0.3 is 5.97 Å². The lowest BCUT2D eigenvalue weighted by Crippen LogP contribution is -2.23. The summed E-state index contributed by atoms with van der Waals surface area (Å²) in [4.78, 5) is 10.7. The van der Waals surface area contributed by atoms with Crippen LogP contribution in [0.15, 0.2) is 0 Å². The molecule has 0 aromatic rings. The van der Waals surface area contributed by atoms with E-state index >= 15 is 0 Å². The van der Waals surface area contributed by atoms with Gasteiger partial charge in [-0.25, -0.2) is 0 Å². The van der Waals surface area contributed by atoms with Crippen molar-refractivity contribution in [1.82, 2.24) is 0 Å². The van der Waals surface area contributed by atoms with Crippen molar-refractivity contribution in [3.05, 3.63) is 0 Å². The second kappa shape index (κ2) is 3.32. The Hall–Kier alpha value is -0.530. The van der Waals surface area contributed by atoms with E-state index in [1.807, 2.05) is 0 Å². The summed E-state index contributed by atoms with van der Waals surface area (Å²) in [6.45, 7) is 0. The molecule has 2 aliphatic rings. The number of carbonyl (C=O) groups is 1. The van der Waals surface area contributed by atoms with Crippen molar-refractivity contribution in [3.63, 3.8) is 0 Å². The van der Waals surface area contributed by atoms with Crippen LogP contribution in [-0.2, 0) is 4.79 Å². The minimum Gasteiger partial charge on any atom is -0.481 e. The summed E-state index contributed by atoms with van der Waals surface area (Å²) in [5.74, 6) is -0.106. The predicted octanol–water partition coefficient (Wildman–Crippen LogP) is 2.82. The first-order chi connectivity index (χ1) is 6.23. The normalized spacial score (nSPS) is 31.2. The Kier molecular flexibility index (Phi) is 2.31. The lowest BCUT2D eigenvalue weighted by atomic mass is 9.75. The van der Waals surface area contributed by atoms with Gasteiger partial charge in [0.15, 0.2) is 0 Å². The molecule has 0 aliphatic heterocycles. The van der Waals surface area contributed by atoms with Crippen LogP contribution in [0.2, 0.25) is 0 Å². The van der Waals surface area contributed by atoms with Gasteiger partial charge in [0.1, 0.15) is 0 Å². The lowest BCUT2D eigenvalue weighted by molar-refractivity contribution is -0.139. The van der Waals surface area contributed by atoms with Gasteiger partial charge < -0.3 is 5.11 Å². The van der Waals surface area contributed by atoms with Gasteiger partial charge in [0, 0.05) is 6.42 Å². The highest BCUT2D eigenvalue weighted by Gasteiger charge is 2.44. The lowest BCUT2D eigenvalue weighted by Gasteiger charge is -2.30. The van der Waals surface area contributed by atoms with Gasteiger partial charge in [0.2, 0.25) is 0 Å². The molecule has 0 radical (unpaired) electrons. The summed E-state index contributed by atoms with van der Waals surface area (Å²) < 4.78 is 0. The highest BCUT2D eigenvalue weighted by atomic mass is 16.4. The molecule has 1 atom stereocenters. The summed E-state index contributed by atoms with van der Waals surface area (Å²) in [6, 6.07) is 0. The predicted molar refractivity (Wildman–Crippen MR) is 50.5 cm³/mol. The fraction of sp³-hybridized carbons (Fsp3) is 0.909. The maximum absolute atomic E-state index is 10.7. The number of hydrogen-bond acceptors (Lipinski definition) is 1. The molecule has 0 heterocycles. The molecule has 0 aromatic carbocycles. The molecule has 74 valence electrons. The van der Waals surface area contributed by atoms with Crippen LogP contribution in [0.1, 0.15) is 51.4 Å². The van der Waals surface area contributed by atoms with Crippen molar-refractivity contribution in [2.24, 2.45) is 11.3 Å². The topological polar surface area (TPSA) is 37.3 Å². The number of hydrogen-bond donors (Lipinski definition) is 1. The maximum Gasteiger partial charge on any atom is 0.303 e. The van der Waals surface area contributed by atoms with Crippen LogP contribution in [0.5, 0.6) is 0 Å². The van der Waals surface area contributed by atoms with Gasteiger partial charge in [-0.05, 0) is 37.0 Å². The van der Waals surface area contributed by atoms with Crippen LogP contribution in [0, 0.1) is 11.3 Å². The van der Waals surface area contributed by atoms with Crippen LogP contribution in [0.4, 0.5) is 0 Å². The largest absolute Gasteiger partial charge is 0.481 e. The molecule has 2 heteroatoms. The highest BCUT2D eigenvalue weighted by Crippen LogP contribution is 2.55. The summed E-state index contributed by atoms with van der Waals surface area (Å²) in [5.41, 5.74) is 0.457. The third-order valence-corrected chi connectivity index (χ3v) is 4.11.